The SMILES string of the molecule is O=C[C@H](CCC(=O)O)NC(=O)[C@@H]1CCCN2C(=O)CC[C@H](NC(=O)c3ccc(Oc4ccccc4)cc3)C(=O)N12. The van der Waals surface area contributed by atoms with Crippen LogP contribution in [-0.2, 0) is 24.0 Å². The van der Waals surface area contributed by atoms with Gasteiger partial charge >= 0.3 is 5.97 Å². The van der Waals surface area contributed by atoms with Crippen molar-refractivity contribution >= 4 is 35.9 Å². The number of carbonyl (C=O) groups excluding carboxylic acids is 5. The number of hydrazine groups is 1. The lowest BCUT2D eigenvalue weighted by atomic mass is 10.0. The number of rotatable bonds is 10. The van der Waals surface area contributed by atoms with E-state index in [1.54, 1.807) is 36.4 Å². The van der Waals surface area contributed by atoms with E-state index < -0.39 is 41.8 Å². The van der Waals surface area contributed by atoms with Crippen LogP contribution in [0.5, 0.6) is 11.5 Å². The summed E-state index contributed by atoms with van der Waals surface area (Å²) in [7, 11) is 0. The first-order chi connectivity index (χ1) is 19.3. The molecule has 2 saturated heterocycles. The van der Waals surface area contributed by atoms with Gasteiger partial charge in [0.15, 0.2) is 0 Å². The third-order valence-electron chi connectivity index (χ3n) is 6.73. The number of amides is 4. The summed E-state index contributed by atoms with van der Waals surface area (Å²) in [6.45, 7) is 0.230. The van der Waals surface area contributed by atoms with Gasteiger partial charge in [-0.15, -0.1) is 0 Å². The summed E-state index contributed by atoms with van der Waals surface area (Å²) in [5.41, 5.74) is 0.279. The maximum absolute atomic E-state index is 13.6. The number of carboxylic acids is 1. The number of hydrogen-bond donors (Lipinski definition) is 3. The molecule has 0 aromatic heterocycles. The van der Waals surface area contributed by atoms with Crippen molar-refractivity contribution in [3.8, 4) is 11.5 Å². The van der Waals surface area contributed by atoms with Crippen LogP contribution in [0.3, 0.4) is 0 Å². The summed E-state index contributed by atoms with van der Waals surface area (Å²) < 4.78 is 5.74. The molecule has 0 saturated carbocycles. The molecule has 4 amide bonds. The van der Waals surface area contributed by atoms with Crippen molar-refractivity contribution in [1.29, 1.82) is 0 Å². The Kier molecular flexibility index (Phi) is 9.10. The van der Waals surface area contributed by atoms with Gasteiger partial charge < -0.3 is 25.3 Å². The van der Waals surface area contributed by atoms with Crippen molar-refractivity contribution in [2.24, 2.45) is 0 Å². The van der Waals surface area contributed by atoms with Gasteiger partial charge in [-0.1, -0.05) is 18.2 Å². The number of carboxylic acid groups (broad SMARTS) is 1. The Morgan fingerprint density at radius 2 is 1.73 bits per heavy atom. The lowest BCUT2D eigenvalue weighted by Crippen LogP contribution is -2.64. The smallest absolute Gasteiger partial charge is 0.303 e. The number of carbonyl (C=O) groups is 6. The number of fused-ring (bicyclic) bond motifs is 1. The second kappa shape index (κ2) is 12.9. The Hall–Kier alpha value is -4.74. The highest BCUT2D eigenvalue weighted by Gasteiger charge is 2.44. The first-order valence-electron chi connectivity index (χ1n) is 13.0. The molecule has 0 unspecified atom stereocenters. The van der Waals surface area contributed by atoms with Crippen LogP contribution in [0.15, 0.2) is 54.6 Å². The van der Waals surface area contributed by atoms with Gasteiger partial charge in [0, 0.05) is 24.9 Å². The summed E-state index contributed by atoms with van der Waals surface area (Å²) in [6, 6.07) is 12.3. The number of nitrogens with one attached hydrogen (secondary N) is 2. The molecule has 2 heterocycles. The molecule has 2 aliphatic rings. The highest BCUT2D eigenvalue weighted by molar-refractivity contribution is 6.00. The molecule has 3 N–H and O–H groups in total. The maximum atomic E-state index is 13.6. The quantitative estimate of drug-likeness (QED) is 0.376. The van der Waals surface area contributed by atoms with E-state index >= 15 is 0 Å². The molecule has 0 spiro atoms. The van der Waals surface area contributed by atoms with Crippen LogP contribution < -0.4 is 15.4 Å². The van der Waals surface area contributed by atoms with Crippen LogP contribution in [0.1, 0.15) is 48.9 Å². The number of para-hydroxylation sites is 1. The zero-order chi connectivity index (χ0) is 28.6. The van der Waals surface area contributed by atoms with Gasteiger partial charge in [0.2, 0.25) is 11.8 Å². The Balaban J connectivity index is 1.45. The summed E-state index contributed by atoms with van der Waals surface area (Å²) >= 11 is 0. The van der Waals surface area contributed by atoms with Gasteiger partial charge in [-0.3, -0.25) is 29.0 Å². The molecule has 4 rings (SSSR count). The van der Waals surface area contributed by atoms with E-state index in [1.807, 2.05) is 18.2 Å². The van der Waals surface area contributed by atoms with Crippen LogP contribution in [0, 0.1) is 0 Å². The summed E-state index contributed by atoms with van der Waals surface area (Å²) in [6.07, 6.45) is 0.724. The Labute approximate surface area is 230 Å². The summed E-state index contributed by atoms with van der Waals surface area (Å²) in [5.74, 6) is -2.13. The number of nitrogens with zero attached hydrogens (tertiary/aromatic N) is 2. The molecule has 0 bridgehead atoms. The fourth-order valence-corrected chi connectivity index (χ4v) is 4.68. The predicted octanol–water partition coefficient (Wildman–Crippen LogP) is 1.65. The van der Waals surface area contributed by atoms with Crippen molar-refractivity contribution in [3.05, 3.63) is 60.2 Å². The van der Waals surface area contributed by atoms with Gasteiger partial charge in [-0.25, -0.2) is 5.01 Å². The maximum Gasteiger partial charge on any atom is 0.303 e. The minimum absolute atomic E-state index is 0.0129. The third kappa shape index (κ3) is 6.82. The molecular weight excluding hydrogens is 520 g/mol. The summed E-state index contributed by atoms with van der Waals surface area (Å²) in [5, 5.41) is 16.4. The fourth-order valence-electron chi connectivity index (χ4n) is 4.68. The highest BCUT2D eigenvalue weighted by atomic mass is 16.5. The molecule has 2 aromatic carbocycles. The molecule has 0 aliphatic carbocycles. The average Bonchev–Trinajstić information content (AvgIpc) is 3.08. The molecule has 3 atom stereocenters. The number of aliphatic carboxylic acids is 1. The minimum atomic E-state index is -1.12. The standard InChI is InChI=1S/C28H30N4O8/c33-17-19(10-15-25(35)36)29-27(38)23-7-4-16-31-24(34)14-13-22(28(39)32(23)31)30-26(37)18-8-11-21(12-9-18)40-20-5-2-1-3-6-20/h1-3,5-6,8-9,11-12,17,19,22-23H,4,7,10,13-16H2,(H,29,38)(H,30,37)(H,35,36)/t19-,22-,23-/m0/s1. The van der Waals surface area contributed by atoms with Crippen LogP contribution in [0.25, 0.3) is 0 Å². The molecule has 2 aliphatic heterocycles. The van der Waals surface area contributed by atoms with Gasteiger partial charge in [-0.05, 0) is 62.1 Å². The first-order valence-corrected chi connectivity index (χ1v) is 13.0. The minimum Gasteiger partial charge on any atom is -0.481 e. The van der Waals surface area contributed by atoms with E-state index in [0.29, 0.717) is 24.2 Å². The van der Waals surface area contributed by atoms with Crippen LogP contribution in [-0.4, -0.2) is 75.7 Å². The molecule has 0 radical (unpaired) electrons. The Morgan fingerprint density at radius 3 is 2.40 bits per heavy atom. The third-order valence-corrected chi connectivity index (χ3v) is 6.73. The molecule has 2 fully saturated rings. The molecular formula is C28H30N4O8. The van der Waals surface area contributed by atoms with E-state index in [2.05, 4.69) is 10.6 Å². The van der Waals surface area contributed by atoms with E-state index in [9.17, 15) is 28.8 Å². The van der Waals surface area contributed by atoms with Crippen LogP contribution in [0.2, 0.25) is 0 Å². The van der Waals surface area contributed by atoms with E-state index in [-0.39, 0.29) is 50.1 Å². The van der Waals surface area contributed by atoms with Gasteiger partial charge in [0.25, 0.3) is 11.8 Å². The topological polar surface area (TPSA) is 162 Å². The molecule has 40 heavy (non-hydrogen) atoms. The Morgan fingerprint density at radius 1 is 1.02 bits per heavy atom. The van der Waals surface area contributed by atoms with Crippen LogP contribution >= 0.6 is 0 Å². The molecule has 12 heteroatoms. The van der Waals surface area contributed by atoms with E-state index in [4.69, 9.17) is 9.84 Å². The summed E-state index contributed by atoms with van der Waals surface area (Å²) in [4.78, 5) is 74.8. The fraction of sp³-hybridized carbons (Fsp3) is 0.357. The second-order valence-corrected chi connectivity index (χ2v) is 9.55. The number of hydrogen-bond acceptors (Lipinski definition) is 7. The molecule has 12 nitrogen and oxygen atoms in total. The zero-order valence-electron chi connectivity index (χ0n) is 21.7. The number of aldehydes is 1. The van der Waals surface area contributed by atoms with Gasteiger partial charge in [0.1, 0.15) is 29.9 Å². The van der Waals surface area contributed by atoms with Gasteiger partial charge in [-0.2, -0.15) is 0 Å². The lowest BCUT2D eigenvalue weighted by Gasteiger charge is -2.43. The normalized spacial score (nSPS) is 19.6. The first kappa shape index (κ1) is 28.3. The average molecular weight is 551 g/mol. The predicted molar refractivity (Wildman–Crippen MR) is 140 cm³/mol. The van der Waals surface area contributed by atoms with Crippen LogP contribution in [0.4, 0.5) is 0 Å². The van der Waals surface area contributed by atoms with Crippen molar-refractivity contribution in [2.45, 2.75) is 56.7 Å². The monoisotopic (exact) mass is 550 g/mol. The zero-order valence-corrected chi connectivity index (χ0v) is 21.7. The Bertz CT molecular complexity index is 1270. The highest BCUT2D eigenvalue weighted by Crippen LogP contribution is 2.26. The van der Waals surface area contributed by atoms with Crippen molar-refractivity contribution in [2.75, 3.05) is 6.54 Å². The number of ether oxygens (including phenoxy) is 1. The lowest BCUT2D eigenvalue weighted by molar-refractivity contribution is -0.176. The molecule has 2 aromatic rings. The number of benzene rings is 2. The van der Waals surface area contributed by atoms with Crippen molar-refractivity contribution in [1.82, 2.24) is 20.7 Å². The van der Waals surface area contributed by atoms with Gasteiger partial charge in [0.05, 0.1) is 6.04 Å². The largest absolute Gasteiger partial charge is 0.481 e. The van der Waals surface area contributed by atoms with E-state index in [1.165, 1.54) is 5.01 Å². The van der Waals surface area contributed by atoms with E-state index in [0.717, 1.165) is 5.01 Å². The second-order valence-electron chi connectivity index (χ2n) is 9.55. The van der Waals surface area contributed by atoms with Crippen molar-refractivity contribution < 1.29 is 38.6 Å². The molecule has 210 valence electrons. The van der Waals surface area contributed by atoms with Crippen molar-refractivity contribution in [3.63, 3.8) is 0 Å².